The van der Waals surface area contributed by atoms with E-state index in [0.717, 1.165) is 23.1 Å². The van der Waals surface area contributed by atoms with Gasteiger partial charge >= 0.3 is 0 Å². The summed E-state index contributed by atoms with van der Waals surface area (Å²) in [4.78, 5) is 0. The average molecular weight is 899 g/mol. The van der Waals surface area contributed by atoms with Crippen molar-refractivity contribution in [2.45, 2.75) is 156 Å². The van der Waals surface area contributed by atoms with Gasteiger partial charge in [-0.3, -0.25) is 0 Å². The van der Waals surface area contributed by atoms with Gasteiger partial charge in [0.15, 0.2) is 0 Å². The van der Waals surface area contributed by atoms with Crippen LogP contribution in [0.15, 0.2) is 91.0 Å². The summed E-state index contributed by atoms with van der Waals surface area (Å²) in [6, 6.07) is 35.8. The average Bonchev–Trinajstić information content (AvgIpc) is 3.24. The lowest BCUT2D eigenvalue weighted by molar-refractivity contribution is -0.269. The minimum atomic E-state index is -1.46. The Morgan fingerprint density at radius 1 is 0.574 bits per heavy atom. The van der Waals surface area contributed by atoms with Crippen LogP contribution in [0.25, 0.3) is 0 Å². The van der Waals surface area contributed by atoms with Gasteiger partial charge in [0.1, 0.15) is 24.4 Å². The molecule has 0 aliphatic carbocycles. The highest BCUT2D eigenvalue weighted by molar-refractivity contribution is 7.78. The second-order valence-electron chi connectivity index (χ2n) is 15.8. The fourth-order valence-corrected chi connectivity index (χ4v) is 11.0. The molecule has 11 nitrogen and oxygen atoms in total. The maximum Gasteiger partial charge on any atom is 0.259 e. The van der Waals surface area contributed by atoms with E-state index in [1.165, 1.54) is 0 Å². The summed E-state index contributed by atoms with van der Waals surface area (Å²) in [6.07, 6.45) is -0.592. The Balaban J connectivity index is 0.000000606. The van der Waals surface area contributed by atoms with Crippen LogP contribution in [0.3, 0.4) is 0 Å². The van der Waals surface area contributed by atoms with Crippen LogP contribution in [0.4, 0.5) is 0 Å². The van der Waals surface area contributed by atoms with Crippen molar-refractivity contribution < 1.29 is 32.5 Å². The number of nitriles is 2. The van der Waals surface area contributed by atoms with Crippen LogP contribution < -0.4 is 0 Å². The molecule has 1 saturated heterocycles. The Morgan fingerprint density at radius 2 is 0.967 bits per heavy atom. The van der Waals surface area contributed by atoms with Crippen LogP contribution in [0.5, 0.6) is 0 Å². The van der Waals surface area contributed by atoms with E-state index < -0.39 is 34.5 Å². The lowest BCUT2D eigenvalue weighted by Gasteiger charge is -2.46. The van der Waals surface area contributed by atoms with E-state index in [0.29, 0.717) is 58.0 Å². The third kappa shape index (κ3) is 18.6. The van der Waals surface area contributed by atoms with Gasteiger partial charge in [-0.1, -0.05) is 97.9 Å². The molecule has 1 fully saturated rings. The van der Waals surface area contributed by atoms with Crippen LogP contribution in [0.2, 0.25) is 0 Å². The van der Waals surface area contributed by atoms with Gasteiger partial charge in [-0.2, -0.15) is 10.5 Å². The van der Waals surface area contributed by atoms with Crippen LogP contribution in [0.1, 0.15) is 98.3 Å². The van der Waals surface area contributed by atoms with Gasteiger partial charge in [0, 0.05) is 24.2 Å². The van der Waals surface area contributed by atoms with Gasteiger partial charge in [0.25, 0.3) is 8.53 Å². The summed E-state index contributed by atoms with van der Waals surface area (Å²) in [5, 5.41) is 17.5. The molecule has 14 heteroatoms. The van der Waals surface area contributed by atoms with Crippen LogP contribution >= 0.6 is 27.4 Å². The molecule has 0 aromatic heterocycles. The molecular formula is C47H69ClN4O7P2. The van der Waals surface area contributed by atoms with Crippen molar-refractivity contribution in [2.75, 3.05) is 19.8 Å². The third-order valence-corrected chi connectivity index (χ3v) is 14.2. The highest BCUT2D eigenvalue weighted by Crippen LogP contribution is 2.49. The van der Waals surface area contributed by atoms with E-state index in [1.54, 1.807) is 0 Å². The standard InChI is InChI=1S/C38H51N2O6P.C9H18ClN2OP/c1-6-34-36(41-25-31-17-10-7-11-18-31)38(43-27-33-21-14-9-15-22-33)37(42-26-32-19-12-8-13-20-32)35(46-34)28-45-47(44-24-16-23-39)40(29(2)3)30(4)5;1-8(2)12(9(3)4)14(10)13-7-5-6-11/h7-15,17-22,29-30,34-38H,6,16,24-28H2,1-5H3;8-9H,5,7H2,1-4H3/t34-,35+,36-,37+,38+,47?;/m1./s1. The first-order valence-electron chi connectivity index (χ1n) is 21.5. The maximum absolute atomic E-state index is 9.18. The monoisotopic (exact) mass is 898 g/mol. The quantitative estimate of drug-likeness (QED) is 0.0597. The summed E-state index contributed by atoms with van der Waals surface area (Å²) in [5.41, 5.74) is 3.21. The van der Waals surface area contributed by atoms with E-state index in [4.69, 9.17) is 49.0 Å². The normalized spacial score (nSPS) is 20.1. The second-order valence-corrected chi connectivity index (χ2v) is 19.3. The fraction of sp³-hybridized carbons (Fsp3) is 0.574. The minimum absolute atomic E-state index is 0.182. The zero-order valence-corrected chi connectivity index (χ0v) is 40.2. The van der Waals surface area contributed by atoms with Crippen molar-refractivity contribution in [2.24, 2.45) is 0 Å². The molecule has 4 rings (SSSR count). The molecule has 3 aromatic carbocycles. The van der Waals surface area contributed by atoms with E-state index in [-0.39, 0.29) is 30.9 Å². The van der Waals surface area contributed by atoms with Crippen molar-refractivity contribution >= 4 is 27.4 Å². The maximum atomic E-state index is 9.18. The molecule has 0 radical (unpaired) electrons. The Labute approximate surface area is 374 Å². The van der Waals surface area contributed by atoms with Gasteiger partial charge in [0.2, 0.25) is 7.65 Å². The molecule has 61 heavy (non-hydrogen) atoms. The zero-order valence-electron chi connectivity index (χ0n) is 37.6. The van der Waals surface area contributed by atoms with Crippen molar-refractivity contribution in [3.8, 4) is 12.1 Å². The Hall–Kier alpha value is -2.57. The lowest BCUT2D eigenvalue weighted by atomic mass is 9.93. The van der Waals surface area contributed by atoms with E-state index >= 15 is 0 Å². The number of ether oxygens (including phenoxy) is 4. The molecule has 3 aromatic rings. The van der Waals surface area contributed by atoms with Crippen LogP contribution in [-0.4, -0.2) is 83.8 Å². The molecule has 0 spiro atoms. The number of hydrogen-bond donors (Lipinski definition) is 0. The molecule has 7 atom stereocenters. The van der Waals surface area contributed by atoms with Crippen molar-refractivity contribution in [1.82, 2.24) is 9.34 Å². The summed E-state index contributed by atoms with van der Waals surface area (Å²) < 4.78 is 49.6. The molecule has 0 amide bonds. The number of halogens is 1. The van der Waals surface area contributed by atoms with Gasteiger partial charge in [-0.25, -0.2) is 9.34 Å². The first-order chi connectivity index (χ1) is 29.4. The molecule has 1 heterocycles. The first kappa shape index (κ1) is 52.8. The summed E-state index contributed by atoms with van der Waals surface area (Å²) in [5.74, 6) is 0. The molecule has 1 aliphatic heterocycles. The SMILES string of the molecule is CC(C)N(C(C)C)P(Cl)OCCC#N.CC[C@H]1O[C@@H](COP(OCCC#N)N(C(C)C)C(C)C)[C@H](OCc2ccccc2)[C@@H](OCc2ccccc2)[C@@H]1OCc1ccccc1. The zero-order chi connectivity index (χ0) is 44.6. The molecule has 2 unspecified atom stereocenters. The van der Waals surface area contributed by atoms with Crippen molar-refractivity contribution in [3.05, 3.63) is 108 Å². The summed E-state index contributed by atoms with van der Waals surface area (Å²) in [7, 11) is -2.54. The smallest absolute Gasteiger partial charge is 0.259 e. The van der Waals surface area contributed by atoms with Gasteiger partial charge in [-0.15, -0.1) is 0 Å². The predicted octanol–water partition coefficient (Wildman–Crippen LogP) is 11.7. The molecule has 0 N–H and O–H groups in total. The number of nitrogens with zero attached hydrogens (tertiary/aromatic N) is 4. The minimum Gasteiger partial charge on any atom is -0.368 e. The van der Waals surface area contributed by atoms with Gasteiger partial charge in [0.05, 0.1) is 70.7 Å². The highest BCUT2D eigenvalue weighted by atomic mass is 35.7. The number of hydrogen-bond acceptors (Lipinski definition) is 11. The molecule has 1 aliphatic rings. The molecule has 0 bridgehead atoms. The van der Waals surface area contributed by atoms with E-state index in [1.807, 2.05) is 60.7 Å². The third-order valence-electron chi connectivity index (χ3n) is 9.65. The highest BCUT2D eigenvalue weighted by Gasteiger charge is 2.48. The van der Waals surface area contributed by atoms with Crippen LogP contribution in [-0.2, 0) is 52.3 Å². The number of benzene rings is 3. The Kier molecular flexibility index (Phi) is 25.7. The fourth-order valence-electron chi connectivity index (χ4n) is 6.99. The summed E-state index contributed by atoms with van der Waals surface area (Å²) in [6.45, 7) is 21.2. The molecule has 336 valence electrons. The second kappa shape index (κ2) is 29.7. The summed E-state index contributed by atoms with van der Waals surface area (Å²) >= 11 is 6.13. The van der Waals surface area contributed by atoms with Crippen molar-refractivity contribution in [1.29, 1.82) is 10.5 Å². The largest absolute Gasteiger partial charge is 0.368 e. The van der Waals surface area contributed by atoms with E-state index in [2.05, 4.69) is 114 Å². The first-order valence-corrected chi connectivity index (χ1v) is 24.7. The number of rotatable bonds is 25. The van der Waals surface area contributed by atoms with Gasteiger partial charge in [-0.05, 0) is 89.7 Å². The predicted molar refractivity (Wildman–Crippen MR) is 246 cm³/mol. The molecule has 0 saturated carbocycles. The Morgan fingerprint density at radius 3 is 1.36 bits per heavy atom. The van der Waals surface area contributed by atoms with Crippen LogP contribution in [0, 0.1) is 22.7 Å². The van der Waals surface area contributed by atoms with E-state index in [9.17, 15) is 5.26 Å². The molecular weight excluding hydrogens is 830 g/mol. The Bertz CT molecular complexity index is 1650. The van der Waals surface area contributed by atoms with Crippen molar-refractivity contribution in [3.63, 3.8) is 0 Å². The van der Waals surface area contributed by atoms with Gasteiger partial charge < -0.3 is 32.5 Å². The lowest BCUT2D eigenvalue weighted by Crippen LogP contribution is -2.61. The topological polar surface area (TPSA) is 119 Å².